The van der Waals surface area contributed by atoms with Crippen molar-refractivity contribution in [3.8, 4) is 0 Å². The third-order valence-electron chi connectivity index (χ3n) is 5.00. The lowest BCUT2D eigenvalue weighted by Crippen LogP contribution is -2.41. The first kappa shape index (κ1) is 15.8. The van der Waals surface area contributed by atoms with Gasteiger partial charge in [-0.15, -0.1) is 0 Å². The average molecular weight is 283 g/mol. The summed E-state index contributed by atoms with van der Waals surface area (Å²) >= 11 is 0. The Balaban J connectivity index is 1.99. The number of likely N-dealkylation sites (tertiary alicyclic amines) is 1. The van der Waals surface area contributed by atoms with Crippen LogP contribution in [-0.2, 0) is 14.3 Å². The van der Waals surface area contributed by atoms with Crippen molar-refractivity contribution in [1.82, 2.24) is 4.90 Å². The summed E-state index contributed by atoms with van der Waals surface area (Å²) in [6.07, 6.45) is 3.34. The number of rotatable bonds is 6. The summed E-state index contributed by atoms with van der Waals surface area (Å²) in [5, 5.41) is 0. The molecule has 0 radical (unpaired) electrons. The van der Waals surface area contributed by atoms with Crippen LogP contribution in [-0.4, -0.2) is 41.4 Å². The average Bonchev–Trinajstić information content (AvgIpc) is 2.95. The van der Waals surface area contributed by atoms with E-state index in [1.807, 2.05) is 4.90 Å². The van der Waals surface area contributed by atoms with Crippen molar-refractivity contribution in [2.45, 2.75) is 84.3 Å². The lowest BCUT2D eigenvalue weighted by atomic mass is 9.99. The van der Waals surface area contributed by atoms with Crippen LogP contribution < -0.4 is 0 Å². The summed E-state index contributed by atoms with van der Waals surface area (Å²) in [5.74, 6) is 0.233. The lowest BCUT2D eigenvalue weighted by molar-refractivity contribution is -0.192. The fourth-order valence-corrected chi connectivity index (χ4v) is 3.32. The van der Waals surface area contributed by atoms with Gasteiger partial charge in [0, 0.05) is 6.04 Å². The van der Waals surface area contributed by atoms with Gasteiger partial charge in [-0.3, -0.25) is 4.79 Å². The Morgan fingerprint density at radius 2 is 1.90 bits per heavy atom. The van der Waals surface area contributed by atoms with Crippen LogP contribution in [0.5, 0.6) is 0 Å². The number of hydrogen-bond acceptors (Lipinski definition) is 3. The highest BCUT2D eigenvalue weighted by Gasteiger charge is 2.55. The van der Waals surface area contributed by atoms with Gasteiger partial charge in [-0.1, -0.05) is 34.1 Å². The van der Waals surface area contributed by atoms with E-state index < -0.39 is 5.79 Å². The minimum atomic E-state index is -0.531. The van der Waals surface area contributed by atoms with Gasteiger partial charge in [0.2, 0.25) is 0 Å². The summed E-state index contributed by atoms with van der Waals surface area (Å²) in [6, 6.07) is 0.271. The predicted octanol–water partition coefficient (Wildman–Crippen LogP) is 2.95. The maximum Gasteiger partial charge on any atom is 0.254 e. The molecule has 0 saturated carbocycles. The molecule has 2 aliphatic heterocycles. The molecule has 0 N–H and O–H groups in total. The van der Waals surface area contributed by atoms with Crippen molar-refractivity contribution < 1.29 is 14.3 Å². The minimum absolute atomic E-state index is 0.0817. The van der Waals surface area contributed by atoms with Crippen LogP contribution in [0.2, 0.25) is 0 Å². The largest absolute Gasteiger partial charge is 0.342 e. The van der Waals surface area contributed by atoms with Crippen LogP contribution in [0.3, 0.4) is 0 Å². The second-order valence-corrected chi connectivity index (χ2v) is 6.40. The third kappa shape index (κ3) is 2.73. The van der Waals surface area contributed by atoms with E-state index in [0.29, 0.717) is 12.5 Å². The first-order valence-electron chi connectivity index (χ1n) is 8.12. The maximum atomic E-state index is 12.5. The SMILES string of the molecule is CCC(C)CC(C)N1C[C@@H]2OC(CC)(CC)O[C@@H]2C1=O. The zero-order valence-electron chi connectivity index (χ0n) is 13.5. The van der Waals surface area contributed by atoms with Crippen LogP contribution in [0, 0.1) is 5.92 Å². The standard InChI is InChI=1S/C16H29NO3/c1-6-11(4)9-12(5)17-10-13-14(15(17)18)20-16(7-2,8-3)19-13/h11-14H,6-10H2,1-5H3/t11?,12?,13-,14-/m0/s1. The maximum absolute atomic E-state index is 12.5. The molecule has 0 bridgehead atoms. The van der Waals surface area contributed by atoms with Crippen molar-refractivity contribution in [2.24, 2.45) is 5.92 Å². The quantitative estimate of drug-likeness (QED) is 0.752. The van der Waals surface area contributed by atoms with Crippen molar-refractivity contribution >= 4 is 5.91 Å². The van der Waals surface area contributed by atoms with Crippen molar-refractivity contribution in [1.29, 1.82) is 0 Å². The molecular formula is C16H29NO3. The molecule has 0 aromatic heterocycles. The van der Waals surface area contributed by atoms with Gasteiger partial charge in [-0.05, 0) is 32.1 Å². The number of ether oxygens (including phenoxy) is 2. The second kappa shape index (κ2) is 6.02. The fraction of sp³-hybridized carbons (Fsp3) is 0.938. The van der Waals surface area contributed by atoms with Crippen molar-refractivity contribution in [3.05, 3.63) is 0 Å². The van der Waals surface area contributed by atoms with E-state index >= 15 is 0 Å². The molecule has 2 heterocycles. The Morgan fingerprint density at radius 1 is 1.25 bits per heavy atom. The van der Waals surface area contributed by atoms with Gasteiger partial charge >= 0.3 is 0 Å². The Bertz CT molecular complexity index is 354. The number of carbonyl (C=O) groups is 1. The van der Waals surface area contributed by atoms with Gasteiger partial charge in [0.1, 0.15) is 6.10 Å². The molecule has 2 unspecified atom stereocenters. The molecule has 0 aromatic carbocycles. The number of hydrogen-bond donors (Lipinski definition) is 0. The molecule has 4 heteroatoms. The zero-order chi connectivity index (χ0) is 14.9. The Kier molecular flexibility index (Phi) is 4.75. The third-order valence-corrected chi connectivity index (χ3v) is 5.00. The Morgan fingerprint density at radius 3 is 2.40 bits per heavy atom. The van der Waals surface area contributed by atoms with Gasteiger partial charge in [0.05, 0.1) is 6.54 Å². The van der Waals surface area contributed by atoms with Crippen LogP contribution in [0.4, 0.5) is 0 Å². The van der Waals surface area contributed by atoms with Gasteiger partial charge in [-0.2, -0.15) is 0 Å². The van der Waals surface area contributed by atoms with Gasteiger partial charge < -0.3 is 14.4 Å². The van der Waals surface area contributed by atoms with Crippen molar-refractivity contribution in [2.75, 3.05) is 6.54 Å². The number of carbonyl (C=O) groups excluding carboxylic acids is 1. The Labute approximate surface area is 122 Å². The summed E-state index contributed by atoms with van der Waals surface area (Å²) < 4.78 is 12.1. The Hall–Kier alpha value is -0.610. The number of fused-ring (bicyclic) bond motifs is 1. The molecule has 0 aromatic rings. The smallest absolute Gasteiger partial charge is 0.254 e. The summed E-state index contributed by atoms with van der Waals surface area (Å²) in [5.41, 5.74) is 0. The molecule has 2 aliphatic rings. The molecule has 0 spiro atoms. The highest BCUT2D eigenvalue weighted by atomic mass is 16.8. The number of nitrogens with zero attached hydrogens (tertiary/aromatic N) is 1. The fourth-order valence-electron chi connectivity index (χ4n) is 3.32. The van der Waals surface area contributed by atoms with Gasteiger partial charge in [0.25, 0.3) is 5.91 Å². The van der Waals surface area contributed by atoms with E-state index in [1.165, 1.54) is 0 Å². The second-order valence-electron chi connectivity index (χ2n) is 6.40. The highest BCUT2D eigenvalue weighted by Crippen LogP contribution is 2.39. The van der Waals surface area contributed by atoms with Crippen LogP contribution >= 0.6 is 0 Å². The van der Waals surface area contributed by atoms with Crippen LogP contribution in [0.15, 0.2) is 0 Å². The van der Waals surface area contributed by atoms with E-state index in [-0.39, 0.29) is 24.2 Å². The van der Waals surface area contributed by atoms with E-state index in [2.05, 4.69) is 34.6 Å². The van der Waals surface area contributed by atoms with Crippen LogP contribution in [0.1, 0.15) is 60.3 Å². The molecule has 20 heavy (non-hydrogen) atoms. The molecule has 0 aliphatic carbocycles. The zero-order valence-corrected chi connectivity index (χ0v) is 13.5. The summed E-state index contributed by atoms with van der Waals surface area (Å²) in [7, 11) is 0. The molecule has 2 fully saturated rings. The summed E-state index contributed by atoms with van der Waals surface area (Å²) in [6.45, 7) is 11.4. The van der Waals surface area contributed by atoms with E-state index in [9.17, 15) is 4.79 Å². The van der Waals surface area contributed by atoms with E-state index in [0.717, 1.165) is 25.7 Å². The lowest BCUT2D eigenvalue weighted by Gasteiger charge is -2.31. The molecular weight excluding hydrogens is 254 g/mol. The first-order valence-corrected chi connectivity index (χ1v) is 8.12. The van der Waals surface area contributed by atoms with Crippen molar-refractivity contribution in [3.63, 3.8) is 0 Å². The number of amides is 1. The van der Waals surface area contributed by atoms with E-state index in [4.69, 9.17) is 9.47 Å². The normalized spacial score (nSPS) is 31.4. The monoisotopic (exact) mass is 283 g/mol. The van der Waals surface area contributed by atoms with Crippen LogP contribution in [0.25, 0.3) is 0 Å². The topological polar surface area (TPSA) is 38.8 Å². The minimum Gasteiger partial charge on any atom is -0.342 e. The van der Waals surface area contributed by atoms with E-state index in [1.54, 1.807) is 0 Å². The molecule has 116 valence electrons. The molecule has 2 rings (SSSR count). The first-order chi connectivity index (χ1) is 9.46. The van der Waals surface area contributed by atoms with Gasteiger partial charge in [-0.25, -0.2) is 0 Å². The van der Waals surface area contributed by atoms with Gasteiger partial charge in [0.15, 0.2) is 11.9 Å². The predicted molar refractivity (Wildman–Crippen MR) is 78.3 cm³/mol. The molecule has 4 atom stereocenters. The summed E-state index contributed by atoms with van der Waals surface area (Å²) in [4.78, 5) is 14.5. The molecule has 1 amide bonds. The molecule has 4 nitrogen and oxygen atoms in total. The molecule has 2 saturated heterocycles. The highest BCUT2D eigenvalue weighted by molar-refractivity contribution is 5.84.